The zero-order valence-corrected chi connectivity index (χ0v) is 20.4. The standard InChI is InChI=1S/C28H28N4O5/c1-18(33)29-24(17-27(35)36)21-6-4-7-23(16-21)30-26(34)15-19-9-11-22(12-10-19)31-28(37)32-14-13-20-5-2-3-8-25(20)32/h2-12,16,24H,13-15,17H2,1H3,(H,29,33)(H,30,34)(H,31,37)(H,35,36). The van der Waals surface area contributed by atoms with Crippen molar-refractivity contribution in [3.63, 3.8) is 0 Å². The first-order valence-corrected chi connectivity index (χ1v) is 11.9. The lowest BCUT2D eigenvalue weighted by atomic mass is 10.0. The predicted octanol–water partition coefficient (Wildman–Crippen LogP) is 4.11. The molecule has 1 aliphatic rings. The van der Waals surface area contributed by atoms with Gasteiger partial charge in [-0.25, -0.2) is 4.79 Å². The molecule has 1 heterocycles. The molecule has 0 bridgehead atoms. The van der Waals surface area contributed by atoms with Crippen molar-refractivity contribution >= 4 is 40.9 Å². The summed E-state index contributed by atoms with van der Waals surface area (Å²) in [7, 11) is 0. The SMILES string of the molecule is CC(=O)NC(CC(=O)O)c1cccc(NC(=O)Cc2ccc(NC(=O)N3CCc4ccccc43)cc2)c1. The second kappa shape index (κ2) is 11.4. The van der Waals surface area contributed by atoms with Crippen LogP contribution in [0.15, 0.2) is 72.8 Å². The minimum Gasteiger partial charge on any atom is -0.481 e. The van der Waals surface area contributed by atoms with Gasteiger partial charge in [0.15, 0.2) is 0 Å². The first-order chi connectivity index (χ1) is 17.8. The minimum atomic E-state index is -1.04. The van der Waals surface area contributed by atoms with Gasteiger partial charge in [0.25, 0.3) is 0 Å². The topological polar surface area (TPSA) is 128 Å². The Hall–Kier alpha value is -4.66. The molecule has 37 heavy (non-hydrogen) atoms. The van der Waals surface area contributed by atoms with Crippen LogP contribution in [-0.2, 0) is 27.2 Å². The van der Waals surface area contributed by atoms with E-state index in [4.69, 9.17) is 5.11 Å². The van der Waals surface area contributed by atoms with Crippen LogP contribution in [0.5, 0.6) is 0 Å². The van der Waals surface area contributed by atoms with Gasteiger partial charge in [-0.2, -0.15) is 0 Å². The van der Waals surface area contributed by atoms with Gasteiger partial charge in [-0.1, -0.05) is 42.5 Å². The molecule has 3 aromatic rings. The molecule has 1 unspecified atom stereocenters. The number of nitrogens with one attached hydrogen (secondary N) is 3. The van der Waals surface area contributed by atoms with E-state index in [9.17, 15) is 19.2 Å². The number of carboxylic acids is 1. The molecule has 4 rings (SSSR count). The molecule has 1 aliphatic heterocycles. The Morgan fingerprint density at radius 1 is 0.919 bits per heavy atom. The molecule has 0 aromatic heterocycles. The maximum absolute atomic E-state index is 12.7. The summed E-state index contributed by atoms with van der Waals surface area (Å²) in [4.78, 5) is 49.7. The number of urea groups is 1. The Morgan fingerprint density at radius 3 is 2.41 bits per heavy atom. The van der Waals surface area contributed by atoms with Crippen molar-refractivity contribution in [2.24, 2.45) is 0 Å². The highest BCUT2D eigenvalue weighted by Gasteiger charge is 2.24. The summed E-state index contributed by atoms with van der Waals surface area (Å²) in [5.41, 5.74) is 4.55. The van der Waals surface area contributed by atoms with E-state index in [1.54, 1.807) is 53.4 Å². The van der Waals surface area contributed by atoms with E-state index in [0.29, 0.717) is 23.5 Å². The monoisotopic (exact) mass is 500 g/mol. The summed E-state index contributed by atoms with van der Waals surface area (Å²) < 4.78 is 0. The summed E-state index contributed by atoms with van der Waals surface area (Å²) in [6.45, 7) is 1.95. The first-order valence-electron chi connectivity index (χ1n) is 11.9. The summed E-state index contributed by atoms with van der Waals surface area (Å²) in [6.07, 6.45) is 0.667. The molecule has 0 radical (unpaired) electrons. The number of fused-ring (bicyclic) bond motifs is 1. The highest BCUT2D eigenvalue weighted by Crippen LogP contribution is 2.28. The van der Waals surface area contributed by atoms with Gasteiger partial charge in [0.05, 0.1) is 18.9 Å². The maximum atomic E-state index is 12.7. The predicted molar refractivity (Wildman–Crippen MR) is 141 cm³/mol. The smallest absolute Gasteiger partial charge is 0.326 e. The Balaban J connectivity index is 1.34. The van der Waals surface area contributed by atoms with Gasteiger partial charge in [0, 0.05) is 30.5 Å². The normalized spacial score (nSPS) is 12.8. The van der Waals surface area contributed by atoms with Gasteiger partial charge in [-0.3, -0.25) is 19.3 Å². The number of amides is 4. The largest absolute Gasteiger partial charge is 0.481 e. The number of anilines is 3. The van der Waals surface area contributed by atoms with E-state index in [0.717, 1.165) is 23.2 Å². The average Bonchev–Trinajstić information content (AvgIpc) is 3.29. The number of aliphatic carboxylic acids is 1. The fraction of sp³-hybridized carbons (Fsp3) is 0.214. The Labute approximate surface area is 214 Å². The van der Waals surface area contributed by atoms with Crippen LogP contribution in [0.1, 0.15) is 36.1 Å². The maximum Gasteiger partial charge on any atom is 0.326 e. The second-order valence-electron chi connectivity index (χ2n) is 8.86. The third kappa shape index (κ3) is 6.72. The lowest BCUT2D eigenvalue weighted by molar-refractivity contribution is -0.137. The molecule has 1 atom stereocenters. The Kier molecular flexibility index (Phi) is 7.83. The molecular weight excluding hydrogens is 472 g/mol. The molecule has 3 aromatic carbocycles. The van der Waals surface area contributed by atoms with E-state index in [2.05, 4.69) is 16.0 Å². The van der Waals surface area contributed by atoms with Gasteiger partial charge >= 0.3 is 12.0 Å². The minimum absolute atomic E-state index is 0.113. The fourth-order valence-electron chi connectivity index (χ4n) is 4.34. The van der Waals surface area contributed by atoms with Crippen LogP contribution in [0.4, 0.5) is 21.9 Å². The van der Waals surface area contributed by atoms with E-state index in [1.807, 2.05) is 24.3 Å². The van der Waals surface area contributed by atoms with Crippen LogP contribution < -0.4 is 20.9 Å². The summed E-state index contributed by atoms with van der Waals surface area (Å²) in [5, 5.41) is 17.5. The molecule has 0 saturated carbocycles. The summed E-state index contributed by atoms with van der Waals surface area (Å²) >= 11 is 0. The van der Waals surface area contributed by atoms with Crippen LogP contribution >= 0.6 is 0 Å². The molecule has 0 saturated heterocycles. The van der Waals surface area contributed by atoms with Crippen molar-refractivity contribution in [1.82, 2.24) is 5.32 Å². The Bertz CT molecular complexity index is 1310. The molecular formula is C28H28N4O5. The molecule has 4 amide bonds. The van der Waals surface area contributed by atoms with Gasteiger partial charge in [-0.15, -0.1) is 0 Å². The van der Waals surface area contributed by atoms with Crippen LogP contribution in [0.2, 0.25) is 0 Å². The third-order valence-corrected chi connectivity index (χ3v) is 6.03. The van der Waals surface area contributed by atoms with Crippen molar-refractivity contribution in [2.45, 2.75) is 32.2 Å². The Morgan fingerprint density at radius 2 is 1.68 bits per heavy atom. The van der Waals surface area contributed by atoms with Crippen LogP contribution in [-0.4, -0.2) is 35.5 Å². The quantitative estimate of drug-likeness (QED) is 0.370. The summed E-state index contributed by atoms with van der Waals surface area (Å²) in [6, 6.07) is 20.8. The lowest BCUT2D eigenvalue weighted by Gasteiger charge is -2.18. The molecule has 9 heteroatoms. The summed E-state index contributed by atoms with van der Waals surface area (Å²) in [5.74, 6) is -1.64. The number of benzene rings is 3. The first kappa shape index (κ1) is 25.4. The van der Waals surface area contributed by atoms with E-state index >= 15 is 0 Å². The zero-order chi connectivity index (χ0) is 26.4. The second-order valence-corrected chi connectivity index (χ2v) is 8.86. The van der Waals surface area contributed by atoms with Crippen LogP contribution in [0.3, 0.4) is 0 Å². The lowest BCUT2D eigenvalue weighted by Crippen LogP contribution is -2.33. The van der Waals surface area contributed by atoms with Gasteiger partial charge in [0.2, 0.25) is 11.8 Å². The van der Waals surface area contributed by atoms with Crippen molar-refractivity contribution < 1.29 is 24.3 Å². The van der Waals surface area contributed by atoms with E-state index < -0.39 is 12.0 Å². The highest BCUT2D eigenvalue weighted by molar-refractivity contribution is 6.03. The van der Waals surface area contributed by atoms with Gasteiger partial charge < -0.3 is 21.1 Å². The molecule has 0 fully saturated rings. The van der Waals surface area contributed by atoms with Crippen molar-refractivity contribution in [3.8, 4) is 0 Å². The van der Waals surface area contributed by atoms with Crippen LogP contribution in [0.25, 0.3) is 0 Å². The molecule has 4 N–H and O–H groups in total. The third-order valence-electron chi connectivity index (χ3n) is 6.03. The number of carbonyl (C=O) groups is 4. The average molecular weight is 501 g/mol. The fourth-order valence-corrected chi connectivity index (χ4v) is 4.34. The number of hydrogen-bond acceptors (Lipinski definition) is 4. The molecule has 9 nitrogen and oxygen atoms in total. The zero-order valence-electron chi connectivity index (χ0n) is 20.4. The molecule has 0 spiro atoms. The van der Waals surface area contributed by atoms with Crippen molar-refractivity contribution in [2.75, 3.05) is 22.1 Å². The molecule has 190 valence electrons. The van der Waals surface area contributed by atoms with Crippen molar-refractivity contribution in [1.29, 1.82) is 0 Å². The number of nitrogens with zero attached hydrogens (tertiary/aromatic N) is 1. The van der Waals surface area contributed by atoms with E-state index in [1.165, 1.54) is 6.92 Å². The number of hydrogen-bond donors (Lipinski definition) is 4. The molecule has 0 aliphatic carbocycles. The number of carbonyl (C=O) groups excluding carboxylic acids is 3. The number of para-hydroxylation sites is 1. The highest BCUT2D eigenvalue weighted by atomic mass is 16.4. The van der Waals surface area contributed by atoms with Gasteiger partial charge in [0.1, 0.15) is 0 Å². The van der Waals surface area contributed by atoms with Crippen molar-refractivity contribution in [3.05, 3.63) is 89.5 Å². The van der Waals surface area contributed by atoms with Gasteiger partial charge in [-0.05, 0) is 53.4 Å². The van der Waals surface area contributed by atoms with Crippen LogP contribution in [0, 0.1) is 0 Å². The number of carboxylic acid groups (broad SMARTS) is 1. The van der Waals surface area contributed by atoms with E-state index in [-0.39, 0.29) is 30.7 Å². The number of rotatable bonds is 8.